The molecule has 0 spiro atoms. The Hall–Kier alpha value is -3.54. The Morgan fingerprint density at radius 3 is 2.14 bits per heavy atom. The van der Waals surface area contributed by atoms with Crippen molar-refractivity contribution in [3.8, 4) is 11.1 Å². The summed E-state index contributed by atoms with van der Waals surface area (Å²) in [6.45, 7) is 1.20. The maximum atomic E-state index is 12.5. The van der Waals surface area contributed by atoms with E-state index in [0.717, 1.165) is 36.2 Å². The van der Waals surface area contributed by atoms with Gasteiger partial charge in [-0.2, -0.15) is 22.0 Å². The smallest absolute Gasteiger partial charge is 0.383 e. The molecule has 2 aromatic rings. The molecule has 37 heavy (non-hydrogen) atoms. The van der Waals surface area contributed by atoms with E-state index in [4.69, 9.17) is 10.5 Å². The van der Waals surface area contributed by atoms with Crippen molar-refractivity contribution in [1.29, 1.82) is 0 Å². The van der Waals surface area contributed by atoms with E-state index in [1.165, 1.54) is 5.32 Å². The molecule has 3 amide bonds. The van der Waals surface area contributed by atoms with Gasteiger partial charge in [0.15, 0.2) is 0 Å². The Bertz CT molecular complexity index is 1140. The molecule has 0 bridgehead atoms. The minimum Gasteiger partial charge on any atom is -0.383 e. The first kappa shape index (κ1) is 29.7. The zero-order chi connectivity index (χ0) is 28.0. The number of amides is 3. The van der Waals surface area contributed by atoms with Crippen LogP contribution >= 0.6 is 0 Å². The van der Waals surface area contributed by atoms with Crippen molar-refractivity contribution in [3.05, 3.63) is 54.1 Å². The van der Waals surface area contributed by atoms with E-state index in [0.29, 0.717) is 19.6 Å². The lowest BCUT2D eigenvalue weighted by atomic mass is 9.91. The Morgan fingerprint density at radius 2 is 1.57 bits per heavy atom. The minimum atomic E-state index is -5.77. The van der Waals surface area contributed by atoms with Gasteiger partial charge in [0.1, 0.15) is 5.41 Å². The summed E-state index contributed by atoms with van der Waals surface area (Å²) in [6.07, 6.45) is -5.33. The number of nitrogens with two attached hydrogens (primary N) is 1. The van der Waals surface area contributed by atoms with Gasteiger partial charge in [0.05, 0.1) is 25.3 Å². The topological polar surface area (TPSA) is 102 Å². The van der Waals surface area contributed by atoms with E-state index in [1.54, 1.807) is 7.11 Å². The minimum absolute atomic E-state index is 0.124. The van der Waals surface area contributed by atoms with Gasteiger partial charge < -0.3 is 20.7 Å². The lowest BCUT2D eigenvalue weighted by molar-refractivity contribution is -0.278. The summed E-state index contributed by atoms with van der Waals surface area (Å²) in [7, 11) is 1.66. The third kappa shape index (κ3) is 7.03. The molecule has 0 fully saturated rings. The highest BCUT2D eigenvalue weighted by molar-refractivity contribution is 6.03. The maximum Gasteiger partial charge on any atom is 0.455 e. The number of methoxy groups -OCH3 is 1. The summed E-state index contributed by atoms with van der Waals surface area (Å²) >= 11 is 0. The number of hydrogen-bond donors (Lipinski definition) is 2. The number of rotatable bonds is 7. The number of halogens is 5. The molecular formula is C25H28F5N3O4. The summed E-state index contributed by atoms with van der Waals surface area (Å²) < 4.78 is 65.2. The van der Waals surface area contributed by atoms with E-state index in [1.807, 2.05) is 41.3 Å². The number of anilines is 1. The van der Waals surface area contributed by atoms with Crippen LogP contribution in [0.25, 0.3) is 11.1 Å². The number of ether oxygens (including phenoxy) is 1. The second-order valence-electron chi connectivity index (χ2n) is 8.76. The van der Waals surface area contributed by atoms with Gasteiger partial charge >= 0.3 is 12.1 Å². The molecule has 0 aromatic heterocycles. The van der Waals surface area contributed by atoms with Crippen LogP contribution in [0.2, 0.25) is 0 Å². The number of carbonyl (C=O) groups excluding carboxylic acids is 3. The van der Waals surface area contributed by atoms with Crippen LogP contribution in [0, 0.1) is 5.41 Å². The summed E-state index contributed by atoms with van der Waals surface area (Å²) in [5, 5.41) is 1.34. The van der Waals surface area contributed by atoms with Crippen molar-refractivity contribution < 1.29 is 41.1 Å². The normalized spacial score (nSPS) is 13.5. The Labute approximate surface area is 210 Å². The number of primary amides is 1. The number of para-hydroxylation sites is 1. The number of alkyl halides is 5. The molecule has 1 aliphatic rings. The van der Waals surface area contributed by atoms with E-state index in [2.05, 4.69) is 12.1 Å². The van der Waals surface area contributed by atoms with Gasteiger partial charge in [-0.1, -0.05) is 42.5 Å². The third-order valence-electron chi connectivity index (χ3n) is 5.73. The summed E-state index contributed by atoms with van der Waals surface area (Å²) in [4.78, 5) is 36.3. The van der Waals surface area contributed by atoms with E-state index >= 15 is 0 Å². The molecule has 0 atom stereocenters. The van der Waals surface area contributed by atoms with Crippen LogP contribution in [0.4, 0.5) is 27.6 Å². The van der Waals surface area contributed by atoms with Gasteiger partial charge in [-0.05, 0) is 31.0 Å². The summed E-state index contributed by atoms with van der Waals surface area (Å²) in [5.41, 5.74) is 7.25. The van der Waals surface area contributed by atoms with Crippen LogP contribution < -0.4 is 16.0 Å². The van der Waals surface area contributed by atoms with Crippen molar-refractivity contribution in [3.63, 3.8) is 0 Å². The lowest BCUT2D eigenvalue weighted by Gasteiger charge is -2.23. The van der Waals surface area contributed by atoms with Gasteiger partial charge in [0, 0.05) is 19.2 Å². The first-order chi connectivity index (χ1) is 17.1. The Balaban J connectivity index is 0.000000265. The predicted molar refractivity (Wildman–Crippen MR) is 127 cm³/mol. The molecule has 0 saturated carbocycles. The van der Waals surface area contributed by atoms with Gasteiger partial charge in [0.25, 0.3) is 0 Å². The van der Waals surface area contributed by atoms with Crippen LogP contribution in [0.5, 0.6) is 0 Å². The molecule has 0 aliphatic carbocycles. The monoisotopic (exact) mass is 529 g/mol. The number of nitrogens with one attached hydrogen (secondary N) is 1. The van der Waals surface area contributed by atoms with Crippen molar-refractivity contribution >= 4 is 23.4 Å². The highest BCUT2D eigenvalue weighted by Gasteiger charge is 2.57. The second-order valence-corrected chi connectivity index (χ2v) is 8.76. The van der Waals surface area contributed by atoms with E-state index in [-0.39, 0.29) is 5.91 Å². The number of fused-ring (bicyclic) bond motifs is 3. The lowest BCUT2D eigenvalue weighted by Crippen LogP contribution is -2.52. The van der Waals surface area contributed by atoms with Crippen molar-refractivity contribution in [2.24, 2.45) is 11.1 Å². The molecular weight excluding hydrogens is 501 g/mol. The predicted octanol–water partition coefficient (Wildman–Crippen LogP) is 3.70. The summed E-state index contributed by atoms with van der Waals surface area (Å²) in [6, 6.07) is 16.2. The van der Waals surface area contributed by atoms with Crippen molar-refractivity contribution in [1.82, 2.24) is 5.32 Å². The second kappa shape index (κ2) is 11.7. The molecule has 2 aromatic carbocycles. The SMILES string of the molecule is CC(C)(C(N)=O)C(=O)NCC(F)(F)C(F)(F)F.COCCN1C(=O)Cc2ccccc2-c2ccccc21. The van der Waals surface area contributed by atoms with Crippen LogP contribution in [0.15, 0.2) is 48.5 Å². The first-order valence-electron chi connectivity index (χ1n) is 11.1. The highest BCUT2D eigenvalue weighted by atomic mass is 19.4. The zero-order valence-corrected chi connectivity index (χ0v) is 20.5. The molecule has 12 heteroatoms. The quantitative estimate of drug-likeness (QED) is 0.422. The molecule has 7 nitrogen and oxygen atoms in total. The average Bonchev–Trinajstić information content (AvgIpc) is 2.94. The maximum absolute atomic E-state index is 12.5. The van der Waals surface area contributed by atoms with E-state index < -0.39 is 35.9 Å². The molecule has 0 radical (unpaired) electrons. The van der Waals surface area contributed by atoms with Crippen LogP contribution in [-0.4, -0.2) is 56.6 Å². The fourth-order valence-electron chi connectivity index (χ4n) is 3.32. The van der Waals surface area contributed by atoms with Gasteiger partial charge in [-0.3, -0.25) is 14.4 Å². The zero-order valence-electron chi connectivity index (χ0n) is 20.5. The van der Waals surface area contributed by atoms with Crippen molar-refractivity contribution in [2.45, 2.75) is 32.4 Å². The molecule has 202 valence electrons. The molecule has 1 heterocycles. The molecule has 1 aliphatic heterocycles. The standard InChI is InChI=1S/C17H17NO2.C8H11F5N2O2/c1-20-11-10-18-16-9-5-4-8-15(16)14-7-3-2-6-13(14)12-17(18)19;1-6(2,4(14)16)5(17)15-3-7(9,10)8(11,12)13/h2-9H,10-12H2,1H3;3H2,1-2H3,(H2,14,16)(H,15,17). The third-order valence-corrected chi connectivity index (χ3v) is 5.73. The fourth-order valence-corrected chi connectivity index (χ4v) is 3.32. The molecule has 0 saturated heterocycles. The number of hydrogen-bond acceptors (Lipinski definition) is 4. The number of nitrogens with zero attached hydrogens (tertiary/aromatic N) is 1. The number of carbonyl (C=O) groups is 3. The highest BCUT2D eigenvalue weighted by Crippen LogP contribution is 2.36. The number of benzene rings is 2. The van der Waals surface area contributed by atoms with Gasteiger partial charge in [0.2, 0.25) is 17.7 Å². The molecule has 0 unspecified atom stereocenters. The van der Waals surface area contributed by atoms with Crippen LogP contribution in [-0.2, 0) is 25.5 Å². The van der Waals surface area contributed by atoms with Crippen LogP contribution in [0.3, 0.4) is 0 Å². The fraction of sp³-hybridized carbons (Fsp3) is 0.400. The first-order valence-corrected chi connectivity index (χ1v) is 11.1. The Morgan fingerprint density at radius 1 is 1.00 bits per heavy atom. The van der Waals surface area contributed by atoms with Gasteiger partial charge in [-0.25, -0.2) is 0 Å². The Kier molecular flexibility index (Phi) is 9.37. The summed E-state index contributed by atoms with van der Waals surface area (Å²) in [5.74, 6) is -7.37. The van der Waals surface area contributed by atoms with Crippen molar-refractivity contribution in [2.75, 3.05) is 31.7 Å². The van der Waals surface area contributed by atoms with Crippen LogP contribution in [0.1, 0.15) is 19.4 Å². The molecule has 3 N–H and O–H groups in total. The molecule has 3 rings (SSSR count). The van der Waals surface area contributed by atoms with E-state index in [9.17, 15) is 36.3 Å². The largest absolute Gasteiger partial charge is 0.455 e. The van der Waals surface area contributed by atoms with Gasteiger partial charge in [-0.15, -0.1) is 0 Å². The average molecular weight is 530 g/mol.